The van der Waals surface area contributed by atoms with Crippen molar-refractivity contribution in [3.8, 4) is 0 Å². The van der Waals surface area contributed by atoms with Crippen LogP contribution in [0.15, 0.2) is 35.7 Å². The average Bonchev–Trinajstić information content (AvgIpc) is 2.86. The molecule has 0 bridgehead atoms. The molecule has 2 rings (SSSR count). The topological polar surface area (TPSA) is 45.2 Å². The molecule has 4 nitrogen and oxygen atoms in total. The molecule has 0 spiro atoms. The van der Waals surface area contributed by atoms with Crippen molar-refractivity contribution in [3.05, 3.63) is 52.0 Å². The third-order valence-corrected chi connectivity index (χ3v) is 4.10. The zero-order valence-electron chi connectivity index (χ0n) is 12.0. The van der Waals surface area contributed by atoms with Crippen molar-refractivity contribution in [1.29, 1.82) is 0 Å². The number of hydrogen-bond acceptors (Lipinski definition) is 3. The Kier molecular flexibility index (Phi) is 4.74. The lowest BCUT2D eigenvalue weighted by Gasteiger charge is -2.20. The van der Waals surface area contributed by atoms with E-state index in [1.54, 1.807) is 23.3 Å². The first-order chi connectivity index (χ1) is 9.56. The first kappa shape index (κ1) is 14.5. The number of carbonyl (C=O) groups is 1. The van der Waals surface area contributed by atoms with Crippen LogP contribution in [0.5, 0.6) is 0 Å². The van der Waals surface area contributed by atoms with Gasteiger partial charge in [-0.2, -0.15) is 0 Å². The fourth-order valence-corrected chi connectivity index (χ4v) is 2.66. The normalized spacial score (nSPS) is 11.9. The van der Waals surface area contributed by atoms with Gasteiger partial charge in [0.1, 0.15) is 5.01 Å². The quantitative estimate of drug-likeness (QED) is 0.938. The van der Waals surface area contributed by atoms with E-state index in [0.29, 0.717) is 6.54 Å². The summed E-state index contributed by atoms with van der Waals surface area (Å²) in [6, 6.07) is 9.78. The predicted octanol–water partition coefficient (Wildman–Crippen LogP) is 3.35. The molecular weight excluding hydrogens is 270 g/mol. The molecule has 0 aliphatic rings. The Morgan fingerprint density at radius 2 is 2.10 bits per heavy atom. The summed E-state index contributed by atoms with van der Waals surface area (Å²) in [7, 11) is 1.79. The van der Waals surface area contributed by atoms with Crippen LogP contribution in [0.2, 0.25) is 0 Å². The van der Waals surface area contributed by atoms with E-state index in [1.807, 2.05) is 49.6 Å². The standard InChI is InChI=1S/C15H19N3OS/c1-11-10-20-14(16-11)12(2)17-15(19)18(3)9-13-7-5-4-6-8-13/h4-8,10,12H,9H2,1-3H3,(H,17,19). The summed E-state index contributed by atoms with van der Waals surface area (Å²) in [5, 5.41) is 5.89. The van der Waals surface area contributed by atoms with Gasteiger partial charge in [0, 0.05) is 24.7 Å². The van der Waals surface area contributed by atoms with Crippen LogP contribution < -0.4 is 5.32 Å². The van der Waals surface area contributed by atoms with Crippen LogP contribution in [-0.2, 0) is 6.54 Å². The Balaban J connectivity index is 1.91. The Morgan fingerprint density at radius 3 is 2.70 bits per heavy atom. The van der Waals surface area contributed by atoms with Crippen molar-refractivity contribution >= 4 is 17.4 Å². The molecule has 2 aromatic rings. The minimum atomic E-state index is -0.0887. The Morgan fingerprint density at radius 1 is 1.40 bits per heavy atom. The highest BCUT2D eigenvalue weighted by Gasteiger charge is 2.15. The molecule has 1 aromatic heterocycles. The molecule has 0 saturated carbocycles. The Bertz CT molecular complexity index is 568. The molecule has 2 amide bonds. The summed E-state index contributed by atoms with van der Waals surface area (Å²) in [6.45, 7) is 4.50. The monoisotopic (exact) mass is 289 g/mol. The van der Waals surface area contributed by atoms with Gasteiger partial charge < -0.3 is 10.2 Å². The van der Waals surface area contributed by atoms with Crippen molar-refractivity contribution < 1.29 is 4.79 Å². The minimum absolute atomic E-state index is 0.0700. The number of thiazole rings is 1. The second-order valence-electron chi connectivity index (χ2n) is 4.84. The lowest BCUT2D eigenvalue weighted by molar-refractivity contribution is 0.203. The number of aryl methyl sites for hydroxylation is 1. The van der Waals surface area contributed by atoms with Crippen LogP contribution in [0.1, 0.15) is 29.2 Å². The van der Waals surface area contributed by atoms with Gasteiger partial charge in [0.25, 0.3) is 0 Å². The Hall–Kier alpha value is -1.88. The smallest absolute Gasteiger partial charge is 0.317 e. The van der Waals surface area contributed by atoms with Crippen LogP contribution in [0.4, 0.5) is 4.79 Å². The lowest BCUT2D eigenvalue weighted by Crippen LogP contribution is -2.38. The molecule has 1 unspecified atom stereocenters. The summed E-state index contributed by atoms with van der Waals surface area (Å²) in [5.74, 6) is 0. The van der Waals surface area contributed by atoms with Crippen molar-refractivity contribution in [3.63, 3.8) is 0 Å². The van der Waals surface area contributed by atoms with Gasteiger partial charge in [0.2, 0.25) is 0 Å². The van der Waals surface area contributed by atoms with Gasteiger partial charge in [0.15, 0.2) is 0 Å². The number of nitrogens with zero attached hydrogens (tertiary/aromatic N) is 2. The van der Waals surface area contributed by atoms with Gasteiger partial charge in [-0.15, -0.1) is 11.3 Å². The van der Waals surface area contributed by atoms with E-state index >= 15 is 0 Å². The maximum atomic E-state index is 12.1. The molecule has 1 heterocycles. The van der Waals surface area contributed by atoms with Gasteiger partial charge in [-0.25, -0.2) is 9.78 Å². The largest absolute Gasteiger partial charge is 0.329 e. The van der Waals surface area contributed by atoms with E-state index in [4.69, 9.17) is 0 Å². The third kappa shape index (κ3) is 3.81. The zero-order chi connectivity index (χ0) is 14.5. The number of hydrogen-bond donors (Lipinski definition) is 1. The number of urea groups is 1. The molecule has 1 aromatic carbocycles. The molecule has 1 atom stereocenters. The summed E-state index contributed by atoms with van der Waals surface area (Å²) < 4.78 is 0. The maximum absolute atomic E-state index is 12.1. The molecule has 0 radical (unpaired) electrons. The van der Waals surface area contributed by atoms with Crippen molar-refractivity contribution in [2.45, 2.75) is 26.4 Å². The molecule has 1 N–H and O–H groups in total. The second kappa shape index (κ2) is 6.52. The lowest BCUT2D eigenvalue weighted by atomic mass is 10.2. The fraction of sp³-hybridized carbons (Fsp3) is 0.333. The molecule has 0 fully saturated rings. The number of nitrogens with one attached hydrogen (secondary N) is 1. The van der Waals surface area contributed by atoms with Gasteiger partial charge in [-0.1, -0.05) is 30.3 Å². The van der Waals surface area contributed by atoms with Crippen LogP contribution in [0, 0.1) is 6.92 Å². The maximum Gasteiger partial charge on any atom is 0.317 e. The molecule has 5 heteroatoms. The SMILES string of the molecule is Cc1csc(C(C)NC(=O)N(C)Cc2ccccc2)n1. The highest BCUT2D eigenvalue weighted by Crippen LogP contribution is 2.17. The number of amides is 2. The third-order valence-electron chi connectivity index (χ3n) is 2.96. The number of benzene rings is 1. The van der Waals surface area contributed by atoms with Gasteiger partial charge in [-0.05, 0) is 19.4 Å². The summed E-state index contributed by atoms with van der Waals surface area (Å²) in [4.78, 5) is 18.2. The number of carbonyl (C=O) groups excluding carboxylic acids is 1. The van der Waals surface area contributed by atoms with Crippen molar-refractivity contribution in [1.82, 2.24) is 15.2 Å². The van der Waals surface area contributed by atoms with Crippen LogP contribution in [0.25, 0.3) is 0 Å². The van der Waals surface area contributed by atoms with E-state index < -0.39 is 0 Å². The predicted molar refractivity (Wildman–Crippen MR) is 81.7 cm³/mol. The molecule has 106 valence electrons. The van der Waals surface area contributed by atoms with E-state index in [1.165, 1.54) is 0 Å². The number of aromatic nitrogens is 1. The van der Waals surface area contributed by atoms with E-state index in [0.717, 1.165) is 16.3 Å². The van der Waals surface area contributed by atoms with E-state index in [2.05, 4.69) is 10.3 Å². The first-order valence-corrected chi connectivity index (χ1v) is 7.42. The van der Waals surface area contributed by atoms with Crippen molar-refractivity contribution in [2.75, 3.05) is 7.05 Å². The summed E-state index contributed by atoms with van der Waals surface area (Å²) >= 11 is 1.57. The first-order valence-electron chi connectivity index (χ1n) is 6.54. The van der Waals surface area contributed by atoms with Gasteiger partial charge in [0.05, 0.1) is 6.04 Å². The second-order valence-corrected chi connectivity index (χ2v) is 5.73. The van der Waals surface area contributed by atoms with E-state index in [-0.39, 0.29) is 12.1 Å². The van der Waals surface area contributed by atoms with E-state index in [9.17, 15) is 4.79 Å². The molecule has 0 saturated heterocycles. The van der Waals surface area contributed by atoms with Crippen LogP contribution in [0.3, 0.4) is 0 Å². The summed E-state index contributed by atoms with van der Waals surface area (Å²) in [5.41, 5.74) is 2.10. The van der Waals surface area contributed by atoms with Gasteiger partial charge >= 0.3 is 6.03 Å². The molecule has 0 aliphatic carbocycles. The summed E-state index contributed by atoms with van der Waals surface area (Å²) in [6.07, 6.45) is 0. The average molecular weight is 289 g/mol. The van der Waals surface area contributed by atoms with Crippen LogP contribution in [-0.4, -0.2) is 23.0 Å². The van der Waals surface area contributed by atoms with Crippen LogP contribution >= 0.6 is 11.3 Å². The highest BCUT2D eigenvalue weighted by molar-refractivity contribution is 7.09. The zero-order valence-corrected chi connectivity index (χ0v) is 12.8. The molecule has 20 heavy (non-hydrogen) atoms. The number of rotatable bonds is 4. The highest BCUT2D eigenvalue weighted by atomic mass is 32.1. The molecule has 0 aliphatic heterocycles. The molecular formula is C15H19N3OS. The minimum Gasteiger partial charge on any atom is -0.329 e. The fourth-order valence-electron chi connectivity index (χ4n) is 1.86. The van der Waals surface area contributed by atoms with Gasteiger partial charge in [-0.3, -0.25) is 0 Å². The van der Waals surface area contributed by atoms with Crippen molar-refractivity contribution in [2.24, 2.45) is 0 Å². The Labute approximate surface area is 123 Å².